The smallest absolute Gasteiger partial charge is 0.170 e. The Balaban J connectivity index is 2.34. The Kier molecular flexibility index (Phi) is 3.09. The summed E-state index contributed by atoms with van der Waals surface area (Å²) < 4.78 is 0. The van der Waals surface area contributed by atoms with Crippen molar-refractivity contribution in [3.05, 3.63) is 34.9 Å². The topological polar surface area (TPSA) is 43.1 Å². The van der Waals surface area contributed by atoms with Crippen molar-refractivity contribution in [2.75, 3.05) is 0 Å². The van der Waals surface area contributed by atoms with Gasteiger partial charge in [-0.1, -0.05) is 25.5 Å². The Morgan fingerprint density at radius 2 is 2.06 bits per heavy atom. The lowest BCUT2D eigenvalue weighted by Gasteiger charge is -2.27. The normalized spacial score (nSPS) is 28.4. The predicted molar refractivity (Wildman–Crippen MR) is 70.2 cm³/mol. The van der Waals surface area contributed by atoms with Crippen LogP contribution in [0.2, 0.25) is 0 Å². The highest BCUT2D eigenvalue weighted by Crippen LogP contribution is 2.39. The van der Waals surface area contributed by atoms with E-state index in [1.54, 1.807) is 0 Å². The van der Waals surface area contributed by atoms with E-state index in [4.69, 9.17) is 5.73 Å². The molecule has 0 amide bonds. The number of hydrogen-bond donors (Lipinski definition) is 1. The number of carbonyl (C=O) groups excluding carboxylic acids is 1. The SMILES string of the molecule is Cc1ccc(C(=O)C2(C)CCCC2N)cc1C. The largest absolute Gasteiger partial charge is 0.327 e. The number of benzene rings is 1. The molecule has 2 N–H and O–H groups in total. The third-order valence-corrected chi connectivity index (χ3v) is 4.32. The fourth-order valence-electron chi connectivity index (χ4n) is 2.69. The fourth-order valence-corrected chi connectivity index (χ4v) is 2.69. The van der Waals surface area contributed by atoms with E-state index in [0.717, 1.165) is 24.8 Å². The van der Waals surface area contributed by atoms with Crippen LogP contribution in [0.25, 0.3) is 0 Å². The maximum absolute atomic E-state index is 12.6. The summed E-state index contributed by atoms with van der Waals surface area (Å²) in [5.41, 5.74) is 8.95. The zero-order valence-corrected chi connectivity index (χ0v) is 10.9. The zero-order valence-electron chi connectivity index (χ0n) is 10.9. The van der Waals surface area contributed by atoms with Gasteiger partial charge in [0.25, 0.3) is 0 Å². The summed E-state index contributed by atoms with van der Waals surface area (Å²) in [5.74, 6) is 0.214. The number of ketones is 1. The molecule has 1 aliphatic carbocycles. The van der Waals surface area contributed by atoms with Crippen molar-refractivity contribution in [1.29, 1.82) is 0 Å². The van der Waals surface area contributed by atoms with Crippen LogP contribution in [0.1, 0.15) is 47.7 Å². The minimum atomic E-state index is -0.359. The van der Waals surface area contributed by atoms with Crippen LogP contribution in [0, 0.1) is 19.3 Å². The summed E-state index contributed by atoms with van der Waals surface area (Å²) in [6.07, 6.45) is 2.95. The molecule has 92 valence electrons. The van der Waals surface area contributed by atoms with Crippen LogP contribution in [-0.2, 0) is 0 Å². The monoisotopic (exact) mass is 231 g/mol. The van der Waals surface area contributed by atoms with E-state index >= 15 is 0 Å². The van der Waals surface area contributed by atoms with E-state index < -0.39 is 0 Å². The molecule has 0 heterocycles. The van der Waals surface area contributed by atoms with Crippen LogP contribution in [0.15, 0.2) is 18.2 Å². The van der Waals surface area contributed by atoms with Gasteiger partial charge in [-0.2, -0.15) is 0 Å². The van der Waals surface area contributed by atoms with Crippen LogP contribution < -0.4 is 5.73 Å². The van der Waals surface area contributed by atoms with E-state index in [1.807, 2.05) is 32.0 Å². The first kappa shape index (κ1) is 12.3. The molecule has 0 radical (unpaired) electrons. The Morgan fingerprint density at radius 1 is 1.35 bits per heavy atom. The molecule has 0 aromatic heterocycles. The lowest BCUT2D eigenvalue weighted by Crippen LogP contribution is -2.41. The molecule has 1 aromatic carbocycles. The number of rotatable bonds is 2. The second-order valence-corrected chi connectivity index (χ2v) is 5.54. The molecule has 1 saturated carbocycles. The van der Waals surface area contributed by atoms with Gasteiger partial charge >= 0.3 is 0 Å². The zero-order chi connectivity index (χ0) is 12.6. The highest BCUT2D eigenvalue weighted by Gasteiger charge is 2.43. The van der Waals surface area contributed by atoms with Crippen molar-refractivity contribution in [2.24, 2.45) is 11.1 Å². The maximum atomic E-state index is 12.6. The summed E-state index contributed by atoms with van der Waals surface area (Å²) >= 11 is 0. The van der Waals surface area contributed by atoms with E-state index in [2.05, 4.69) is 6.92 Å². The standard InChI is InChI=1S/C15H21NO/c1-10-6-7-12(9-11(10)2)14(17)15(3)8-4-5-13(15)16/h6-7,9,13H,4-5,8,16H2,1-3H3. The van der Waals surface area contributed by atoms with Crippen LogP contribution in [0.3, 0.4) is 0 Å². The van der Waals surface area contributed by atoms with Crippen molar-refractivity contribution in [3.63, 3.8) is 0 Å². The predicted octanol–water partition coefficient (Wildman–Crippen LogP) is 3.00. The van der Waals surface area contributed by atoms with Gasteiger partial charge in [0.15, 0.2) is 5.78 Å². The number of hydrogen-bond acceptors (Lipinski definition) is 2. The van der Waals surface area contributed by atoms with Crippen LogP contribution in [-0.4, -0.2) is 11.8 Å². The molecule has 2 rings (SSSR count). The van der Waals surface area contributed by atoms with Crippen molar-refractivity contribution in [2.45, 2.75) is 46.1 Å². The molecule has 2 atom stereocenters. The average molecular weight is 231 g/mol. The summed E-state index contributed by atoms with van der Waals surface area (Å²) in [7, 11) is 0. The Morgan fingerprint density at radius 3 is 2.59 bits per heavy atom. The molecule has 2 unspecified atom stereocenters. The van der Waals surface area contributed by atoms with Gasteiger partial charge in [-0.15, -0.1) is 0 Å². The average Bonchev–Trinajstić information content (AvgIpc) is 2.63. The number of nitrogens with two attached hydrogens (primary N) is 1. The molecular formula is C15H21NO. The first-order valence-corrected chi connectivity index (χ1v) is 6.33. The third kappa shape index (κ3) is 2.02. The van der Waals surface area contributed by atoms with Gasteiger partial charge in [-0.05, 0) is 43.9 Å². The van der Waals surface area contributed by atoms with E-state index in [-0.39, 0.29) is 17.2 Å². The van der Waals surface area contributed by atoms with Gasteiger partial charge in [-0.25, -0.2) is 0 Å². The molecule has 1 fully saturated rings. The molecule has 0 spiro atoms. The van der Waals surface area contributed by atoms with E-state index in [9.17, 15) is 4.79 Å². The number of carbonyl (C=O) groups is 1. The summed E-state index contributed by atoms with van der Waals surface area (Å²) in [6.45, 7) is 6.12. The molecule has 0 saturated heterocycles. The van der Waals surface area contributed by atoms with Gasteiger partial charge in [0.1, 0.15) is 0 Å². The molecule has 0 aliphatic heterocycles. The maximum Gasteiger partial charge on any atom is 0.170 e. The Bertz CT molecular complexity index is 452. The number of aryl methyl sites for hydroxylation is 2. The van der Waals surface area contributed by atoms with Gasteiger partial charge in [0.05, 0.1) is 0 Å². The summed E-state index contributed by atoms with van der Waals surface area (Å²) in [4.78, 5) is 12.6. The second kappa shape index (κ2) is 4.26. The second-order valence-electron chi connectivity index (χ2n) is 5.54. The van der Waals surface area contributed by atoms with Crippen molar-refractivity contribution >= 4 is 5.78 Å². The Hall–Kier alpha value is -1.15. The molecule has 1 aliphatic rings. The van der Waals surface area contributed by atoms with Crippen LogP contribution in [0.4, 0.5) is 0 Å². The summed E-state index contributed by atoms with van der Waals surface area (Å²) in [5, 5.41) is 0. The van der Waals surface area contributed by atoms with E-state index in [1.165, 1.54) is 11.1 Å². The third-order valence-electron chi connectivity index (χ3n) is 4.32. The van der Waals surface area contributed by atoms with Gasteiger partial charge in [0, 0.05) is 17.0 Å². The minimum Gasteiger partial charge on any atom is -0.327 e. The van der Waals surface area contributed by atoms with Gasteiger partial charge in [-0.3, -0.25) is 4.79 Å². The van der Waals surface area contributed by atoms with E-state index in [0.29, 0.717) is 0 Å². The molecule has 2 nitrogen and oxygen atoms in total. The highest BCUT2D eigenvalue weighted by atomic mass is 16.1. The van der Waals surface area contributed by atoms with Crippen molar-refractivity contribution in [1.82, 2.24) is 0 Å². The lowest BCUT2D eigenvalue weighted by molar-refractivity contribution is 0.0802. The van der Waals surface area contributed by atoms with Gasteiger partial charge in [0.2, 0.25) is 0 Å². The highest BCUT2D eigenvalue weighted by molar-refractivity contribution is 6.01. The molecular weight excluding hydrogens is 210 g/mol. The molecule has 1 aromatic rings. The Labute approximate surface area is 103 Å². The molecule has 0 bridgehead atoms. The lowest BCUT2D eigenvalue weighted by atomic mass is 9.77. The first-order valence-electron chi connectivity index (χ1n) is 6.33. The quantitative estimate of drug-likeness (QED) is 0.795. The van der Waals surface area contributed by atoms with Gasteiger partial charge < -0.3 is 5.73 Å². The number of Topliss-reactive ketones (excluding diaryl/α,β-unsaturated/α-hetero) is 1. The summed E-state index contributed by atoms with van der Waals surface area (Å²) in [6, 6.07) is 5.96. The molecule has 2 heteroatoms. The van der Waals surface area contributed by atoms with Crippen LogP contribution in [0.5, 0.6) is 0 Å². The molecule has 17 heavy (non-hydrogen) atoms. The van der Waals surface area contributed by atoms with Crippen molar-refractivity contribution < 1.29 is 4.79 Å². The van der Waals surface area contributed by atoms with Crippen LogP contribution >= 0.6 is 0 Å². The fraction of sp³-hybridized carbons (Fsp3) is 0.533. The first-order chi connectivity index (χ1) is 7.95. The van der Waals surface area contributed by atoms with Crippen molar-refractivity contribution in [3.8, 4) is 0 Å². The minimum absolute atomic E-state index is 0.0107.